The molecule has 3 aliphatic rings. The van der Waals surface area contributed by atoms with E-state index >= 15 is 0 Å². The molecule has 4 aromatic carbocycles. The minimum absolute atomic E-state index is 0.0676. The van der Waals surface area contributed by atoms with E-state index in [4.69, 9.17) is 5.48 Å². The van der Waals surface area contributed by atoms with Gasteiger partial charge in [0.1, 0.15) is 16.1 Å². The van der Waals surface area contributed by atoms with Crippen LogP contribution in [0.5, 0.6) is 0 Å². The first-order valence-corrected chi connectivity index (χ1v) is 20.1. The number of rotatable bonds is 1. The van der Waals surface area contributed by atoms with Crippen LogP contribution in [-0.2, 0) is 12.8 Å². The van der Waals surface area contributed by atoms with Crippen LogP contribution in [-0.4, -0.2) is 27.4 Å². The van der Waals surface area contributed by atoms with Gasteiger partial charge < -0.3 is 4.57 Å². The summed E-state index contributed by atoms with van der Waals surface area (Å²) in [6.45, 7) is 10.2. The highest BCUT2D eigenvalue weighted by atomic mass is 28.3. The SMILES string of the molecule is [2H]c1c([2H])c([2H])c2c(c1[2H])c1c(n2-c2ccc3c(c2)[Si](C)(C)c2cccc4c2B3c2ccccc2[Si]4(C)C)CCCC1. The minimum Gasteiger partial charge on any atom is -0.313 e. The van der Waals surface area contributed by atoms with E-state index in [1.807, 2.05) is 0 Å². The van der Waals surface area contributed by atoms with E-state index in [-0.39, 0.29) is 30.9 Å². The highest BCUT2D eigenvalue weighted by molar-refractivity contribution is 7.21. The number of fused-ring (bicyclic) bond motifs is 7. The third kappa shape index (κ3) is 2.83. The van der Waals surface area contributed by atoms with Gasteiger partial charge >= 0.3 is 0 Å². The van der Waals surface area contributed by atoms with Crippen molar-refractivity contribution in [3.05, 3.63) is 96.1 Å². The van der Waals surface area contributed by atoms with Gasteiger partial charge in [0.15, 0.2) is 0 Å². The standard InChI is InChI=1S/C34H34BNSi2/c1-37(2)30-17-10-7-14-26(30)35-27-21-20-23(22-33(27)38(3,4)32-19-11-18-31(37)34(32)35)36-28-15-8-5-12-24(28)25-13-6-9-16-29(25)36/h5,7-8,10-12,14-15,17-22H,6,9,13,16H2,1-4H3/i5D,8D,12D,15D. The average molecular weight is 528 g/mol. The topological polar surface area (TPSA) is 4.93 Å². The van der Waals surface area contributed by atoms with Gasteiger partial charge in [0, 0.05) is 16.8 Å². The molecule has 2 aliphatic heterocycles. The highest BCUT2D eigenvalue weighted by Crippen LogP contribution is 2.34. The van der Waals surface area contributed by atoms with Gasteiger partial charge in [-0.05, 0) is 49.4 Å². The molecule has 1 aromatic heterocycles. The molecule has 3 heterocycles. The van der Waals surface area contributed by atoms with Crippen LogP contribution in [0.15, 0.2) is 84.8 Å². The molecule has 1 aliphatic carbocycles. The van der Waals surface area contributed by atoms with E-state index in [0.29, 0.717) is 10.9 Å². The Morgan fingerprint density at radius 3 is 2.26 bits per heavy atom. The van der Waals surface area contributed by atoms with Crippen molar-refractivity contribution in [3.63, 3.8) is 0 Å². The van der Waals surface area contributed by atoms with Crippen molar-refractivity contribution in [1.29, 1.82) is 0 Å². The van der Waals surface area contributed by atoms with Gasteiger partial charge in [-0.2, -0.15) is 0 Å². The average Bonchev–Trinajstić information content (AvgIpc) is 3.34. The fraction of sp³-hybridized carbons (Fsp3) is 0.235. The van der Waals surface area contributed by atoms with Crippen molar-refractivity contribution < 1.29 is 5.48 Å². The lowest BCUT2D eigenvalue weighted by molar-refractivity contribution is 0.667. The second-order valence-corrected chi connectivity index (χ2v) is 21.2. The number of benzene rings is 4. The van der Waals surface area contributed by atoms with Crippen molar-refractivity contribution in [2.24, 2.45) is 0 Å². The van der Waals surface area contributed by atoms with Gasteiger partial charge in [0.2, 0.25) is 6.71 Å². The fourth-order valence-corrected chi connectivity index (χ4v) is 14.6. The molecule has 5 aromatic rings. The summed E-state index contributed by atoms with van der Waals surface area (Å²) in [6, 6.07) is 23.1. The van der Waals surface area contributed by atoms with E-state index in [1.165, 1.54) is 21.3 Å². The second-order valence-electron chi connectivity index (χ2n) is 12.5. The molecule has 4 heteroatoms. The molecule has 0 unspecified atom stereocenters. The first-order valence-electron chi connectivity index (χ1n) is 16.1. The van der Waals surface area contributed by atoms with Crippen molar-refractivity contribution in [3.8, 4) is 5.69 Å². The number of hydrogen-bond acceptors (Lipinski definition) is 0. The van der Waals surface area contributed by atoms with Gasteiger partial charge in [-0.25, -0.2) is 0 Å². The summed E-state index contributed by atoms with van der Waals surface area (Å²) in [5.41, 5.74) is 8.40. The molecular formula is C34H34BNSi2. The van der Waals surface area contributed by atoms with Crippen LogP contribution in [0.4, 0.5) is 0 Å². The third-order valence-corrected chi connectivity index (χ3v) is 17.0. The van der Waals surface area contributed by atoms with Gasteiger partial charge in [-0.3, -0.25) is 0 Å². The summed E-state index contributed by atoms with van der Waals surface area (Å²) in [7, 11) is -3.95. The zero-order valence-electron chi connectivity index (χ0n) is 26.6. The number of nitrogens with zero attached hydrogens (tertiary/aromatic N) is 1. The van der Waals surface area contributed by atoms with Gasteiger partial charge in [0.25, 0.3) is 0 Å². The lowest BCUT2D eigenvalue weighted by Crippen LogP contribution is -2.86. The maximum atomic E-state index is 8.97. The number of aryl methyl sites for hydroxylation is 1. The van der Waals surface area contributed by atoms with Gasteiger partial charge in [-0.15, -0.1) is 0 Å². The lowest BCUT2D eigenvalue weighted by Gasteiger charge is -2.45. The zero-order chi connectivity index (χ0) is 29.3. The van der Waals surface area contributed by atoms with E-state index in [2.05, 4.69) is 91.4 Å². The van der Waals surface area contributed by atoms with E-state index < -0.39 is 16.1 Å². The number of para-hydroxylation sites is 1. The third-order valence-electron chi connectivity index (χ3n) is 9.87. The summed E-state index contributed by atoms with van der Waals surface area (Å²) in [4.78, 5) is 0. The van der Waals surface area contributed by atoms with Crippen LogP contribution in [0.2, 0.25) is 26.2 Å². The summed E-state index contributed by atoms with van der Waals surface area (Å²) in [6.07, 6.45) is 3.88. The molecule has 0 amide bonds. The minimum atomic E-state index is -2.10. The normalized spacial score (nSPS) is 19.4. The Labute approximate surface area is 234 Å². The Morgan fingerprint density at radius 1 is 0.737 bits per heavy atom. The summed E-state index contributed by atoms with van der Waals surface area (Å²) in [5.74, 6) is 0. The van der Waals surface area contributed by atoms with Gasteiger partial charge in [0.05, 0.1) is 11.0 Å². The van der Waals surface area contributed by atoms with Gasteiger partial charge in [-0.1, -0.05) is 130 Å². The monoisotopic (exact) mass is 527 g/mol. The Hall–Kier alpha value is -3.08. The fourth-order valence-electron chi connectivity index (χ4n) is 8.05. The molecule has 0 saturated carbocycles. The Balaban J connectivity index is 1.44. The molecule has 0 atom stereocenters. The quantitative estimate of drug-likeness (QED) is 0.295. The molecule has 8 rings (SSSR count). The molecule has 0 saturated heterocycles. The smallest absolute Gasteiger partial charge is 0.240 e. The predicted octanol–water partition coefficient (Wildman–Crippen LogP) is 3.30. The van der Waals surface area contributed by atoms with E-state index in [9.17, 15) is 0 Å². The molecule has 0 radical (unpaired) electrons. The largest absolute Gasteiger partial charge is 0.313 e. The molecule has 0 spiro atoms. The molecule has 0 bridgehead atoms. The Bertz CT molecular complexity index is 2010. The first kappa shape index (κ1) is 19.1. The molecule has 0 N–H and O–H groups in total. The second kappa shape index (κ2) is 7.74. The van der Waals surface area contributed by atoms with Crippen molar-refractivity contribution in [2.45, 2.75) is 51.9 Å². The maximum Gasteiger partial charge on any atom is 0.240 e. The highest BCUT2D eigenvalue weighted by Gasteiger charge is 2.49. The maximum absolute atomic E-state index is 8.97. The molecule has 38 heavy (non-hydrogen) atoms. The van der Waals surface area contributed by atoms with Crippen LogP contribution in [0.1, 0.15) is 29.6 Å². The van der Waals surface area contributed by atoms with E-state index in [0.717, 1.165) is 42.6 Å². The zero-order valence-corrected chi connectivity index (χ0v) is 24.6. The van der Waals surface area contributed by atoms with Crippen LogP contribution in [0, 0.1) is 0 Å². The lowest BCUT2D eigenvalue weighted by atomic mass is 9.36. The Kier molecular flexibility index (Phi) is 3.88. The van der Waals surface area contributed by atoms with E-state index in [1.54, 1.807) is 15.8 Å². The first-order chi connectivity index (χ1) is 20.0. The predicted molar refractivity (Wildman–Crippen MR) is 171 cm³/mol. The Morgan fingerprint density at radius 2 is 1.42 bits per heavy atom. The van der Waals surface area contributed by atoms with Crippen LogP contribution < -0.4 is 37.1 Å². The van der Waals surface area contributed by atoms with Crippen molar-refractivity contribution in [1.82, 2.24) is 4.57 Å². The van der Waals surface area contributed by atoms with Crippen LogP contribution in [0.3, 0.4) is 0 Å². The summed E-state index contributed by atoms with van der Waals surface area (Å²) < 4.78 is 36.9. The van der Waals surface area contributed by atoms with Crippen LogP contribution in [0.25, 0.3) is 16.6 Å². The summed E-state index contributed by atoms with van der Waals surface area (Å²) in [5, 5.41) is 6.83. The van der Waals surface area contributed by atoms with Crippen molar-refractivity contribution >= 4 is 70.9 Å². The molecule has 1 nitrogen and oxygen atoms in total. The number of aromatic nitrogens is 1. The molecule has 0 fully saturated rings. The summed E-state index contributed by atoms with van der Waals surface area (Å²) >= 11 is 0. The molecule has 186 valence electrons. The molecular weight excluding hydrogens is 489 g/mol. The number of hydrogen-bond donors (Lipinski definition) is 0. The van der Waals surface area contributed by atoms with Crippen molar-refractivity contribution in [2.75, 3.05) is 0 Å². The van der Waals surface area contributed by atoms with Crippen LogP contribution >= 0.6 is 0 Å².